The monoisotopic (exact) mass is 349 g/mol. The molecule has 0 saturated carbocycles. The van der Waals surface area contributed by atoms with Crippen LogP contribution in [0.3, 0.4) is 0 Å². The zero-order valence-corrected chi connectivity index (χ0v) is 12.0. The fraction of sp³-hybridized carbons (Fsp3) is 0.231. The third-order valence-corrected chi connectivity index (χ3v) is 2.38. The van der Waals surface area contributed by atoms with Crippen molar-refractivity contribution < 1.29 is 25.8 Å². The second-order valence-corrected chi connectivity index (χ2v) is 3.27. The van der Waals surface area contributed by atoms with Crippen LogP contribution in [-0.2, 0) is 25.8 Å². The van der Waals surface area contributed by atoms with Gasteiger partial charge in [0, 0.05) is 25.8 Å². The van der Waals surface area contributed by atoms with E-state index in [1.54, 1.807) is 0 Å². The van der Waals surface area contributed by atoms with Gasteiger partial charge in [-0.15, -0.1) is 12.0 Å². The van der Waals surface area contributed by atoms with E-state index in [1.807, 2.05) is 0 Å². The van der Waals surface area contributed by atoms with Crippen molar-refractivity contribution >= 4 is 5.57 Å². The minimum absolute atomic E-state index is 0. The van der Waals surface area contributed by atoms with E-state index in [0.29, 0.717) is 0 Å². The normalized spacial score (nSPS) is 14.4. The standard InChI is InChI=1S/C13H13.Hf/c1-2-11-8-9-13(10-11)12-6-4-3-5-7-12;/h3-7,10H,2,9H2,1H3;/q-1;. The van der Waals surface area contributed by atoms with Gasteiger partial charge in [-0.3, -0.25) is 6.08 Å². The average Bonchev–Trinajstić information content (AvgIpc) is 2.67. The van der Waals surface area contributed by atoms with Crippen molar-refractivity contribution in [3.05, 3.63) is 53.6 Å². The summed E-state index contributed by atoms with van der Waals surface area (Å²) >= 11 is 0. The Morgan fingerprint density at radius 3 is 2.50 bits per heavy atom. The van der Waals surface area contributed by atoms with Crippen LogP contribution < -0.4 is 0 Å². The maximum absolute atomic E-state index is 3.38. The molecule has 14 heavy (non-hydrogen) atoms. The second kappa shape index (κ2) is 5.45. The summed E-state index contributed by atoms with van der Waals surface area (Å²) in [5, 5.41) is 0. The molecule has 0 bridgehead atoms. The summed E-state index contributed by atoms with van der Waals surface area (Å²) in [6, 6.07) is 10.5. The molecule has 1 aliphatic carbocycles. The molecule has 0 spiro atoms. The summed E-state index contributed by atoms with van der Waals surface area (Å²) < 4.78 is 0. The molecule has 0 atom stereocenters. The Balaban J connectivity index is 0.000000980. The van der Waals surface area contributed by atoms with Gasteiger partial charge < -0.3 is 0 Å². The molecule has 1 aromatic carbocycles. The number of rotatable bonds is 2. The summed E-state index contributed by atoms with van der Waals surface area (Å²) in [7, 11) is 0. The van der Waals surface area contributed by atoms with Crippen LogP contribution in [0.4, 0.5) is 0 Å². The molecule has 1 heteroatoms. The number of allylic oxidation sites excluding steroid dienone is 4. The van der Waals surface area contributed by atoms with E-state index in [-0.39, 0.29) is 25.8 Å². The van der Waals surface area contributed by atoms with Crippen molar-refractivity contribution in [3.63, 3.8) is 0 Å². The third kappa shape index (κ3) is 2.54. The fourth-order valence-corrected chi connectivity index (χ4v) is 1.59. The third-order valence-electron chi connectivity index (χ3n) is 2.38. The van der Waals surface area contributed by atoms with Crippen molar-refractivity contribution in [3.8, 4) is 0 Å². The Morgan fingerprint density at radius 1 is 1.21 bits per heavy atom. The smallest absolute Gasteiger partial charge is 0 e. The molecule has 2 rings (SSSR count). The van der Waals surface area contributed by atoms with E-state index >= 15 is 0 Å². The maximum atomic E-state index is 3.38. The Bertz CT molecular complexity index is 347. The molecule has 0 aliphatic heterocycles. The molecule has 0 aromatic heterocycles. The van der Waals surface area contributed by atoms with Crippen LogP contribution in [0.15, 0.2) is 42.0 Å². The molecule has 0 saturated heterocycles. The van der Waals surface area contributed by atoms with E-state index in [0.717, 1.165) is 12.8 Å². The Hall–Kier alpha value is -0.430. The number of hydrogen-bond acceptors (Lipinski definition) is 0. The fourth-order valence-electron chi connectivity index (χ4n) is 1.59. The van der Waals surface area contributed by atoms with Gasteiger partial charge in [-0.25, -0.2) is 11.6 Å². The van der Waals surface area contributed by atoms with Gasteiger partial charge in [0.05, 0.1) is 0 Å². The molecule has 1 aromatic rings. The van der Waals surface area contributed by atoms with Gasteiger partial charge in [-0.1, -0.05) is 43.7 Å². The van der Waals surface area contributed by atoms with Gasteiger partial charge in [-0.05, 0) is 5.56 Å². The molecule has 0 nitrogen and oxygen atoms in total. The molecule has 0 amide bonds. The first-order chi connectivity index (χ1) is 6.40. The van der Waals surface area contributed by atoms with E-state index < -0.39 is 0 Å². The molecule has 0 fully saturated rings. The zero-order chi connectivity index (χ0) is 9.10. The molecule has 0 N–H and O–H groups in total. The van der Waals surface area contributed by atoms with E-state index in [2.05, 4.69) is 49.4 Å². The van der Waals surface area contributed by atoms with Crippen LogP contribution in [0.1, 0.15) is 25.3 Å². The summed E-state index contributed by atoms with van der Waals surface area (Å²) in [6.07, 6.45) is 7.71. The van der Waals surface area contributed by atoms with Crippen LogP contribution in [0.25, 0.3) is 5.57 Å². The number of benzene rings is 1. The van der Waals surface area contributed by atoms with E-state index in [4.69, 9.17) is 0 Å². The van der Waals surface area contributed by atoms with Gasteiger partial charge in [-0.2, -0.15) is 0 Å². The second-order valence-electron chi connectivity index (χ2n) is 3.27. The van der Waals surface area contributed by atoms with Crippen molar-refractivity contribution in [1.29, 1.82) is 0 Å². The summed E-state index contributed by atoms with van der Waals surface area (Å²) in [6.45, 7) is 2.17. The van der Waals surface area contributed by atoms with Gasteiger partial charge in [0.2, 0.25) is 0 Å². The van der Waals surface area contributed by atoms with Gasteiger partial charge in [0.15, 0.2) is 0 Å². The van der Waals surface area contributed by atoms with Crippen LogP contribution in [-0.4, -0.2) is 0 Å². The maximum Gasteiger partial charge on any atom is 0 e. The first kappa shape index (κ1) is 11.6. The van der Waals surface area contributed by atoms with Crippen molar-refractivity contribution in [2.75, 3.05) is 0 Å². The predicted molar refractivity (Wildman–Crippen MR) is 56.1 cm³/mol. The summed E-state index contributed by atoms with van der Waals surface area (Å²) in [4.78, 5) is 0. The van der Waals surface area contributed by atoms with E-state index in [1.165, 1.54) is 16.7 Å². The molecule has 0 radical (unpaired) electrons. The number of hydrogen-bond donors (Lipinski definition) is 0. The van der Waals surface area contributed by atoms with Crippen LogP contribution in [0.2, 0.25) is 0 Å². The molecular weight excluding hydrogens is 335 g/mol. The van der Waals surface area contributed by atoms with Gasteiger partial charge >= 0.3 is 0 Å². The SMILES string of the molecule is CCC1=[C-]CC(c2ccccc2)=C1.[Hf]. The zero-order valence-electron chi connectivity index (χ0n) is 8.38. The molecule has 70 valence electrons. The van der Waals surface area contributed by atoms with Gasteiger partial charge in [0.1, 0.15) is 0 Å². The molecule has 0 unspecified atom stereocenters. The topological polar surface area (TPSA) is 0 Å². The average molecular weight is 348 g/mol. The molecular formula is C13H13Hf-. The van der Waals surface area contributed by atoms with Crippen LogP contribution in [0, 0.1) is 6.08 Å². The molecule has 0 heterocycles. The van der Waals surface area contributed by atoms with Gasteiger partial charge in [0.25, 0.3) is 0 Å². The van der Waals surface area contributed by atoms with E-state index in [9.17, 15) is 0 Å². The Kier molecular flexibility index (Phi) is 4.53. The van der Waals surface area contributed by atoms with Crippen molar-refractivity contribution in [1.82, 2.24) is 0 Å². The van der Waals surface area contributed by atoms with Crippen molar-refractivity contribution in [2.45, 2.75) is 19.8 Å². The quantitative estimate of drug-likeness (QED) is 0.566. The Labute approximate surface area is 105 Å². The summed E-state index contributed by atoms with van der Waals surface area (Å²) in [5.41, 5.74) is 4.08. The minimum Gasteiger partial charge on any atom is -0.269 e. The van der Waals surface area contributed by atoms with Crippen LogP contribution >= 0.6 is 0 Å². The van der Waals surface area contributed by atoms with Crippen molar-refractivity contribution in [2.24, 2.45) is 0 Å². The first-order valence-corrected chi connectivity index (χ1v) is 4.76. The largest absolute Gasteiger partial charge is 0.269 e. The molecule has 1 aliphatic rings. The predicted octanol–water partition coefficient (Wildman–Crippen LogP) is 3.61. The summed E-state index contributed by atoms with van der Waals surface area (Å²) in [5.74, 6) is 0. The first-order valence-electron chi connectivity index (χ1n) is 4.76. The van der Waals surface area contributed by atoms with Crippen LogP contribution in [0.5, 0.6) is 0 Å². The minimum atomic E-state index is 0. The Morgan fingerprint density at radius 2 is 1.93 bits per heavy atom.